The standard InChI is InChI=1S/C18H12ClN3OS/c19-12-3-7-14(8-4-12)24-18-15-9-16(22-17(15)20-10-21-18)11-1-5-13(23)6-2-11/h1-10,23H,(H,20,21,22). The first-order valence-corrected chi connectivity index (χ1v) is 8.45. The fourth-order valence-electron chi connectivity index (χ4n) is 2.41. The number of nitrogens with zero attached hydrogens (tertiary/aromatic N) is 2. The molecule has 0 amide bonds. The first-order valence-electron chi connectivity index (χ1n) is 7.25. The molecule has 0 aliphatic heterocycles. The maximum Gasteiger partial charge on any atom is 0.142 e. The maximum atomic E-state index is 9.43. The van der Waals surface area contributed by atoms with E-state index in [4.69, 9.17) is 11.6 Å². The fraction of sp³-hybridized carbons (Fsp3) is 0. The second kappa shape index (κ2) is 6.19. The molecule has 0 aliphatic carbocycles. The van der Waals surface area contributed by atoms with E-state index in [0.717, 1.165) is 32.2 Å². The fourth-order valence-corrected chi connectivity index (χ4v) is 3.40. The third-order valence-electron chi connectivity index (χ3n) is 3.60. The van der Waals surface area contributed by atoms with Gasteiger partial charge in [0.25, 0.3) is 0 Å². The Bertz CT molecular complexity index is 997. The van der Waals surface area contributed by atoms with Crippen LogP contribution in [-0.2, 0) is 0 Å². The predicted octanol–water partition coefficient (Wildman–Crippen LogP) is 5.14. The molecule has 0 unspecified atom stereocenters. The van der Waals surface area contributed by atoms with E-state index in [9.17, 15) is 5.11 Å². The summed E-state index contributed by atoms with van der Waals surface area (Å²) in [7, 11) is 0. The number of aromatic nitrogens is 3. The van der Waals surface area contributed by atoms with Gasteiger partial charge in [-0.2, -0.15) is 0 Å². The van der Waals surface area contributed by atoms with Crippen molar-refractivity contribution in [2.45, 2.75) is 9.92 Å². The molecule has 0 saturated heterocycles. The van der Waals surface area contributed by atoms with E-state index in [1.807, 2.05) is 42.5 Å². The molecule has 4 nitrogen and oxygen atoms in total. The zero-order valence-corrected chi connectivity index (χ0v) is 14.0. The molecule has 24 heavy (non-hydrogen) atoms. The van der Waals surface area contributed by atoms with Crippen molar-refractivity contribution >= 4 is 34.4 Å². The Hall–Kier alpha value is -2.50. The summed E-state index contributed by atoms with van der Waals surface area (Å²) in [5.74, 6) is 0.244. The van der Waals surface area contributed by atoms with Gasteiger partial charge in [0.15, 0.2) is 0 Å². The summed E-state index contributed by atoms with van der Waals surface area (Å²) < 4.78 is 0. The smallest absolute Gasteiger partial charge is 0.142 e. The van der Waals surface area contributed by atoms with Gasteiger partial charge < -0.3 is 10.1 Å². The molecule has 0 bridgehead atoms. The van der Waals surface area contributed by atoms with Crippen molar-refractivity contribution in [3.63, 3.8) is 0 Å². The van der Waals surface area contributed by atoms with E-state index in [0.29, 0.717) is 5.02 Å². The molecule has 0 saturated carbocycles. The summed E-state index contributed by atoms with van der Waals surface area (Å²) in [5.41, 5.74) is 2.70. The Kier molecular flexibility index (Phi) is 3.88. The second-order valence-corrected chi connectivity index (χ2v) is 6.73. The van der Waals surface area contributed by atoms with Crippen LogP contribution in [0.4, 0.5) is 0 Å². The van der Waals surface area contributed by atoms with E-state index < -0.39 is 0 Å². The van der Waals surface area contributed by atoms with Crippen LogP contribution >= 0.6 is 23.4 Å². The van der Waals surface area contributed by atoms with Gasteiger partial charge in [-0.15, -0.1) is 0 Å². The lowest BCUT2D eigenvalue weighted by Gasteiger charge is -2.01. The zero-order chi connectivity index (χ0) is 16.5. The van der Waals surface area contributed by atoms with Crippen molar-refractivity contribution < 1.29 is 5.11 Å². The van der Waals surface area contributed by atoms with Gasteiger partial charge in [-0.1, -0.05) is 23.4 Å². The van der Waals surface area contributed by atoms with Gasteiger partial charge >= 0.3 is 0 Å². The zero-order valence-electron chi connectivity index (χ0n) is 12.4. The number of phenolic OH excluding ortho intramolecular Hbond substituents is 1. The molecule has 4 rings (SSSR count). The minimum atomic E-state index is 0.244. The summed E-state index contributed by atoms with van der Waals surface area (Å²) in [6, 6.07) is 16.7. The average Bonchev–Trinajstić information content (AvgIpc) is 3.03. The highest BCUT2D eigenvalue weighted by Gasteiger charge is 2.10. The number of hydrogen-bond donors (Lipinski definition) is 2. The Morgan fingerprint density at radius 1 is 0.958 bits per heavy atom. The van der Waals surface area contributed by atoms with E-state index in [2.05, 4.69) is 15.0 Å². The number of halogens is 1. The topological polar surface area (TPSA) is 61.8 Å². The van der Waals surface area contributed by atoms with Gasteiger partial charge in [0.2, 0.25) is 0 Å². The number of phenols is 1. The van der Waals surface area contributed by atoms with Crippen LogP contribution in [-0.4, -0.2) is 20.1 Å². The minimum absolute atomic E-state index is 0.244. The number of benzene rings is 2. The van der Waals surface area contributed by atoms with E-state index in [1.165, 1.54) is 0 Å². The predicted molar refractivity (Wildman–Crippen MR) is 96.6 cm³/mol. The summed E-state index contributed by atoms with van der Waals surface area (Å²) in [6.45, 7) is 0. The van der Waals surface area contributed by atoms with E-state index >= 15 is 0 Å². The molecule has 0 radical (unpaired) electrons. The normalized spacial score (nSPS) is 11.0. The van der Waals surface area contributed by atoms with Crippen LogP contribution in [0, 0.1) is 0 Å². The largest absolute Gasteiger partial charge is 0.508 e. The quantitative estimate of drug-likeness (QED) is 0.501. The number of hydrogen-bond acceptors (Lipinski definition) is 4. The highest BCUT2D eigenvalue weighted by molar-refractivity contribution is 7.99. The van der Waals surface area contributed by atoms with Gasteiger partial charge in [-0.05, 0) is 60.2 Å². The molecule has 118 valence electrons. The third-order valence-corrected chi connectivity index (χ3v) is 4.87. The highest BCUT2D eigenvalue weighted by atomic mass is 35.5. The molecule has 2 heterocycles. The van der Waals surface area contributed by atoms with Crippen LogP contribution in [0.3, 0.4) is 0 Å². The molecule has 0 fully saturated rings. The molecule has 2 N–H and O–H groups in total. The third kappa shape index (κ3) is 2.96. The Balaban J connectivity index is 1.74. The lowest BCUT2D eigenvalue weighted by Crippen LogP contribution is -1.84. The number of aromatic amines is 1. The number of fused-ring (bicyclic) bond motifs is 1. The summed E-state index contributed by atoms with van der Waals surface area (Å²) >= 11 is 7.50. The number of rotatable bonds is 3. The van der Waals surface area contributed by atoms with Crippen molar-refractivity contribution in [1.29, 1.82) is 0 Å². The average molecular weight is 354 g/mol. The van der Waals surface area contributed by atoms with Crippen molar-refractivity contribution in [3.05, 3.63) is 65.9 Å². The highest BCUT2D eigenvalue weighted by Crippen LogP contribution is 2.34. The number of H-pyrrole nitrogens is 1. The van der Waals surface area contributed by atoms with Crippen molar-refractivity contribution in [1.82, 2.24) is 15.0 Å². The Morgan fingerprint density at radius 2 is 1.71 bits per heavy atom. The van der Waals surface area contributed by atoms with Crippen molar-refractivity contribution in [2.75, 3.05) is 0 Å². The van der Waals surface area contributed by atoms with Gasteiger partial charge in [0.1, 0.15) is 22.7 Å². The molecule has 0 spiro atoms. The monoisotopic (exact) mass is 353 g/mol. The molecule has 6 heteroatoms. The Labute approximate surface area is 147 Å². The van der Waals surface area contributed by atoms with Gasteiger partial charge in [0, 0.05) is 15.6 Å². The number of aromatic hydroxyl groups is 1. The van der Waals surface area contributed by atoms with Crippen molar-refractivity contribution in [3.8, 4) is 17.0 Å². The SMILES string of the molecule is Oc1ccc(-c2cc3c(Sc4ccc(Cl)cc4)ncnc3[nH]2)cc1. The van der Waals surface area contributed by atoms with Crippen molar-refractivity contribution in [2.24, 2.45) is 0 Å². The molecule has 0 aliphatic rings. The van der Waals surface area contributed by atoms with Crippen LogP contribution in [0.2, 0.25) is 5.02 Å². The first kappa shape index (κ1) is 15.1. The maximum absolute atomic E-state index is 9.43. The van der Waals surface area contributed by atoms with Crippen LogP contribution in [0.5, 0.6) is 5.75 Å². The molecule has 2 aromatic heterocycles. The summed E-state index contributed by atoms with van der Waals surface area (Å²) in [5, 5.41) is 12.0. The Morgan fingerprint density at radius 3 is 2.46 bits per heavy atom. The van der Waals surface area contributed by atoms with Crippen LogP contribution in [0.25, 0.3) is 22.3 Å². The first-order chi connectivity index (χ1) is 11.7. The molecule has 2 aromatic carbocycles. The second-order valence-electron chi connectivity index (χ2n) is 5.23. The summed E-state index contributed by atoms with van der Waals surface area (Å²) in [6.07, 6.45) is 1.55. The van der Waals surface area contributed by atoms with Crippen LogP contribution in [0.1, 0.15) is 0 Å². The van der Waals surface area contributed by atoms with Gasteiger partial charge in [-0.3, -0.25) is 0 Å². The lowest BCUT2D eigenvalue weighted by atomic mass is 10.1. The van der Waals surface area contributed by atoms with Gasteiger partial charge in [0.05, 0.1) is 5.39 Å². The molecular formula is C18H12ClN3OS. The van der Waals surface area contributed by atoms with Crippen LogP contribution in [0.15, 0.2) is 70.8 Å². The minimum Gasteiger partial charge on any atom is -0.508 e. The van der Waals surface area contributed by atoms with E-state index in [1.54, 1.807) is 30.2 Å². The van der Waals surface area contributed by atoms with E-state index in [-0.39, 0.29) is 5.75 Å². The molecular weight excluding hydrogens is 342 g/mol. The number of nitrogens with one attached hydrogen (secondary N) is 1. The van der Waals surface area contributed by atoms with Gasteiger partial charge in [-0.25, -0.2) is 9.97 Å². The molecule has 0 atom stereocenters. The lowest BCUT2D eigenvalue weighted by molar-refractivity contribution is 0.475. The summed E-state index contributed by atoms with van der Waals surface area (Å²) in [4.78, 5) is 13.1. The van der Waals surface area contributed by atoms with Crippen LogP contribution < -0.4 is 0 Å². The molecule has 4 aromatic rings.